The Kier molecular flexibility index (Phi) is 15.5. The molecule has 5 rings (SSSR count). The molecule has 3 aromatic rings. The van der Waals surface area contributed by atoms with Crippen LogP contribution in [0.4, 0.5) is 0 Å². The molecule has 20 nitrogen and oxygen atoms in total. The molecular weight excluding hydrogens is 840 g/mol. The van der Waals surface area contributed by atoms with Crippen LogP contribution in [0.25, 0.3) is 44.4 Å². The Balaban J connectivity index is 2.09. The Bertz CT molecular complexity index is 2490. The number of H-pyrrole nitrogens is 2. The number of aliphatic carboxylic acids is 4. The summed E-state index contributed by atoms with van der Waals surface area (Å²) in [4.78, 5) is 116. The summed E-state index contributed by atoms with van der Waals surface area (Å²) in [6, 6.07) is 5.98. The number of methoxy groups -OCH3 is 4. The van der Waals surface area contributed by atoms with Crippen molar-refractivity contribution >= 4 is 92.1 Å². The third kappa shape index (κ3) is 11.4. The first-order valence-corrected chi connectivity index (χ1v) is 19.8. The van der Waals surface area contributed by atoms with Gasteiger partial charge in [-0.3, -0.25) is 38.4 Å². The van der Waals surface area contributed by atoms with Crippen molar-refractivity contribution in [3.8, 4) is 0 Å². The first-order chi connectivity index (χ1) is 30.5. The van der Waals surface area contributed by atoms with Gasteiger partial charge in [0.05, 0.1) is 76.9 Å². The average molecular weight is 887 g/mol. The number of carboxylic acids is 4. The van der Waals surface area contributed by atoms with Gasteiger partial charge >= 0.3 is 47.8 Å². The molecule has 0 fully saturated rings. The van der Waals surface area contributed by atoms with E-state index in [1.54, 1.807) is 0 Å². The summed E-state index contributed by atoms with van der Waals surface area (Å²) in [6.45, 7) is 0. The number of carbonyl (C=O) groups excluding carboxylic acids is 4. The Morgan fingerprint density at radius 2 is 0.750 bits per heavy atom. The molecule has 2 aliphatic heterocycles. The number of nitrogens with zero attached hydrogens (tertiary/aromatic N) is 2. The largest absolute Gasteiger partial charge is 0.481 e. The van der Waals surface area contributed by atoms with E-state index in [9.17, 15) is 58.8 Å². The van der Waals surface area contributed by atoms with Gasteiger partial charge in [0, 0.05) is 47.8 Å². The molecular formula is C44H46N4O16. The van der Waals surface area contributed by atoms with Gasteiger partial charge in [0.1, 0.15) is 0 Å². The minimum atomic E-state index is -1.27. The maximum absolute atomic E-state index is 13.1. The minimum absolute atomic E-state index is 0.0391. The Morgan fingerprint density at radius 1 is 0.406 bits per heavy atom. The first kappa shape index (κ1) is 47.4. The van der Waals surface area contributed by atoms with E-state index in [1.165, 1.54) is 52.7 Å². The third-order valence-electron chi connectivity index (χ3n) is 10.7. The van der Waals surface area contributed by atoms with E-state index in [0.717, 1.165) is 0 Å². The molecule has 3 aromatic heterocycles. The highest BCUT2D eigenvalue weighted by Crippen LogP contribution is 2.41. The number of aromatic nitrogens is 4. The molecule has 8 bridgehead atoms. The zero-order chi connectivity index (χ0) is 46.8. The van der Waals surface area contributed by atoms with Crippen molar-refractivity contribution in [2.75, 3.05) is 28.4 Å². The summed E-state index contributed by atoms with van der Waals surface area (Å²) in [5.41, 5.74) is 3.50. The predicted octanol–water partition coefficient (Wildman–Crippen LogP) is 4.46. The number of nitrogens with one attached hydrogen (secondary N) is 2. The SMILES string of the molecule is COC(=O)CCC1=C(CC(=O)OC)c2cc3nc(cc4[nH]c(cc5[nH]c(cc1n2)c(CC(=O)O)c5CCC(=O)O)c(CCC(=O)O)c4CC(=O)O)C(CCC(=O)OC)=C3CC(=O)OC. The second-order valence-electron chi connectivity index (χ2n) is 14.7. The number of carboxylic acid groups (broad SMARTS) is 4. The van der Waals surface area contributed by atoms with Gasteiger partial charge in [-0.2, -0.15) is 0 Å². The summed E-state index contributed by atoms with van der Waals surface area (Å²) in [5.74, 6) is -7.50. The van der Waals surface area contributed by atoms with Gasteiger partial charge in [-0.05, 0) is 94.5 Å². The molecule has 0 spiro atoms. The maximum Gasteiger partial charge on any atom is 0.310 e. The van der Waals surface area contributed by atoms with Crippen molar-refractivity contribution in [1.82, 2.24) is 19.9 Å². The molecule has 0 atom stereocenters. The molecule has 5 heterocycles. The monoisotopic (exact) mass is 886 g/mol. The van der Waals surface area contributed by atoms with E-state index in [4.69, 9.17) is 28.9 Å². The van der Waals surface area contributed by atoms with Gasteiger partial charge in [-0.25, -0.2) is 9.97 Å². The summed E-state index contributed by atoms with van der Waals surface area (Å²) in [5, 5.41) is 39.8. The van der Waals surface area contributed by atoms with Gasteiger partial charge < -0.3 is 49.3 Å². The van der Waals surface area contributed by atoms with E-state index in [-0.39, 0.29) is 130 Å². The molecule has 0 saturated carbocycles. The molecule has 0 saturated heterocycles. The lowest BCUT2D eigenvalue weighted by molar-refractivity contribution is -0.141. The van der Waals surface area contributed by atoms with Crippen molar-refractivity contribution in [3.05, 3.63) is 69.3 Å². The van der Waals surface area contributed by atoms with Crippen molar-refractivity contribution in [1.29, 1.82) is 0 Å². The number of esters is 4. The quantitative estimate of drug-likeness (QED) is 0.0674. The van der Waals surface area contributed by atoms with Crippen LogP contribution in [-0.2, 0) is 83.0 Å². The lowest BCUT2D eigenvalue weighted by atomic mass is 9.95. The van der Waals surface area contributed by atoms with Gasteiger partial charge in [-0.1, -0.05) is 0 Å². The molecule has 338 valence electrons. The van der Waals surface area contributed by atoms with Gasteiger partial charge in [-0.15, -0.1) is 0 Å². The zero-order valence-electron chi connectivity index (χ0n) is 35.4. The first-order valence-electron chi connectivity index (χ1n) is 19.8. The van der Waals surface area contributed by atoms with Crippen molar-refractivity contribution in [2.24, 2.45) is 0 Å². The average Bonchev–Trinajstić information content (AvgIpc) is 3.93. The summed E-state index contributed by atoms with van der Waals surface area (Å²) < 4.78 is 19.9. The van der Waals surface area contributed by atoms with Crippen LogP contribution in [0.1, 0.15) is 96.4 Å². The highest BCUT2D eigenvalue weighted by Gasteiger charge is 2.29. The van der Waals surface area contributed by atoms with Crippen molar-refractivity contribution in [2.45, 2.75) is 77.0 Å². The normalized spacial score (nSPS) is 12.2. The van der Waals surface area contributed by atoms with Crippen LogP contribution in [-0.4, -0.2) is 117 Å². The molecule has 64 heavy (non-hydrogen) atoms. The second kappa shape index (κ2) is 21.0. The van der Waals surface area contributed by atoms with Crippen LogP contribution in [0, 0.1) is 0 Å². The molecule has 6 N–H and O–H groups in total. The molecule has 0 radical (unpaired) electrons. The molecule has 0 aliphatic carbocycles. The maximum atomic E-state index is 13.1. The van der Waals surface area contributed by atoms with E-state index in [0.29, 0.717) is 11.1 Å². The topological polar surface area (TPSA) is 312 Å². The number of allylic oxidation sites excluding steroid dienone is 2. The van der Waals surface area contributed by atoms with Crippen molar-refractivity contribution in [3.63, 3.8) is 0 Å². The lowest BCUT2D eigenvalue weighted by Crippen LogP contribution is -2.05. The lowest BCUT2D eigenvalue weighted by Gasteiger charge is -2.09. The summed E-state index contributed by atoms with van der Waals surface area (Å²) in [6.07, 6.45) is -3.63. The second-order valence-corrected chi connectivity index (χ2v) is 14.7. The number of hydrogen-bond donors (Lipinski definition) is 6. The summed E-state index contributed by atoms with van der Waals surface area (Å²) in [7, 11) is 4.77. The fourth-order valence-corrected chi connectivity index (χ4v) is 7.69. The highest BCUT2D eigenvalue weighted by molar-refractivity contribution is 6.03. The van der Waals surface area contributed by atoms with E-state index >= 15 is 0 Å². The van der Waals surface area contributed by atoms with Crippen LogP contribution in [0.2, 0.25) is 0 Å². The summed E-state index contributed by atoms with van der Waals surface area (Å²) >= 11 is 0. The zero-order valence-corrected chi connectivity index (χ0v) is 35.4. The predicted molar refractivity (Wildman–Crippen MR) is 225 cm³/mol. The number of aryl methyl sites for hydroxylation is 2. The van der Waals surface area contributed by atoms with Crippen LogP contribution >= 0.6 is 0 Å². The number of aromatic amines is 2. The molecule has 0 unspecified atom stereocenters. The van der Waals surface area contributed by atoms with E-state index < -0.39 is 73.4 Å². The van der Waals surface area contributed by atoms with E-state index in [1.807, 2.05) is 0 Å². The fraction of sp³-hybridized carbons (Fsp3) is 0.364. The number of fused-ring (bicyclic) bond motifs is 8. The molecule has 2 aliphatic rings. The smallest absolute Gasteiger partial charge is 0.310 e. The Morgan fingerprint density at radius 3 is 1.08 bits per heavy atom. The minimum Gasteiger partial charge on any atom is -0.481 e. The Hall–Kier alpha value is -7.64. The molecule has 20 heteroatoms. The standard InChI is InChI=1S/C44H46N4O16/c1-61-41(57)11-7-23-27(15-43(59)63-3)35-20-36-28(16-44(60)64-4)24(8-12-42(58)62-2)32(48-36)19-34-26(14-40(55)56)22(6-10-38(51)52)30(46-34)17-29-21(5-9-37(49)50)25(13-39(53)54)33(45-29)18-31(23)47-35/h17-20,45-46H,5-16H2,1-4H3,(H,49,50)(H,51,52)(H,53,54)(H,55,56). The number of carbonyl (C=O) groups is 8. The number of hydrogen-bond acceptors (Lipinski definition) is 14. The van der Waals surface area contributed by atoms with Gasteiger partial charge in [0.15, 0.2) is 0 Å². The van der Waals surface area contributed by atoms with Gasteiger partial charge in [0.2, 0.25) is 0 Å². The van der Waals surface area contributed by atoms with Crippen molar-refractivity contribution < 1.29 is 77.7 Å². The van der Waals surface area contributed by atoms with E-state index in [2.05, 4.69) is 9.97 Å². The fourth-order valence-electron chi connectivity index (χ4n) is 7.69. The molecule has 0 aromatic carbocycles. The van der Waals surface area contributed by atoms with Crippen LogP contribution in [0.5, 0.6) is 0 Å². The third-order valence-corrected chi connectivity index (χ3v) is 10.7. The van der Waals surface area contributed by atoms with Gasteiger partial charge in [0.25, 0.3) is 0 Å². The number of ether oxygens (including phenoxy) is 4. The highest BCUT2D eigenvalue weighted by atomic mass is 16.5. The van der Waals surface area contributed by atoms with Crippen LogP contribution in [0.15, 0.2) is 24.3 Å². The number of rotatable bonds is 20. The van der Waals surface area contributed by atoms with Crippen LogP contribution < -0.4 is 0 Å². The Labute approximate surface area is 363 Å². The van der Waals surface area contributed by atoms with Crippen LogP contribution in [0.3, 0.4) is 0 Å². The molecule has 0 amide bonds.